The maximum absolute atomic E-state index is 5.11. The summed E-state index contributed by atoms with van der Waals surface area (Å²) in [5.41, 5.74) is 2.00. The molecule has 0 aromatic carbocycles. The Hall–Kier alpha value is -0.980. The van der Waals surface area contributed by atoms with E-state index in [1.54, 1.807) is 6.20 Å². The van der Waals surface area contributed by atoms with Crippen LogP contribution >= 0.6 is 15.9 Å². The molecule has 2 aromatic rings. The molecule has 1 N–H and O–H groups in total. The number of imidazole rings is 1. The molecule has 84 valence electrons. The lowest BCUT2D eigenvalue weighted by atomic mass is 10.2. The van der Waals surface area contributed by atoms with Crippen LogP contribution in [0.15, 0.2) is 23.2 Å². The summed E-state index contributed by atoms with van der Waals surface area (Å²) < 4.78 is 7.95. The van der Waals surface area contributed by atoms with E-state index in [1.807, 2.05) is 16.8 Å². The Labute approximate surface area is 101 Å². The standard InChI is InChI=1S/C10H11BrN4O/c11-9-4-15-8(1-12-7-5-16-6-7)2-14-10(15)3-13-9/h2-4,7,12H,1,5-6H2. The first-order valence-corrected chi connectivity index (χ1v) is 5.91. The minimum Gasteiger partial charge on any atom is -0.378 e. The van der Waals surface area contributed by atoms with Crippen molar-refractivity contribution in [2.24, 2.45) is 0 Å². The van der Waals surface area contributed by atoms with Crippen molar-refractivity contribution < 1.29 is 4.74 Å². The van der Waals surface area contributed by atoms with E-state index in [4.69, 9.17) is 4.74 Å². The third-order valence-corrected chi connectivity index (χ3v) is 3.06. The van der Waals surface area contributed by atoms with Gasteiger partial charge in [-0.05, 0) is 15.9 Å². The molecule has 3 heterocycles. The Balaban J connectivity index is 1.82. The van der Waals surface area contributed by atoms with Gasteiger partial charge in [-0.3, -0.25) is 4.40 Å². The van der Waals surface area contributed by atoms with Crippen LogP contribution in [0.2, 0.25) is 0 Å². The van der Waals surface area contributed by atoms with Gasteiger partial charge in [0.05, 0.1) is 37.3 Å². The molecular formula is C10H11BrN4O. The van der Waals surface area contributed by atoms with Gasteiger partial charge in [-0.15, -0.1) is 0 Å². The van der Waals surface area contributed by atoms with E-state index in [1.165, 1.54) is 0 Å². The van der Waals surface area contributed by atoms with Gasteiger partial charge in [-0.25, -0.2) is 9.97 Å². The molecule has 1 fully saturated rings. The number of rotatable bonds is 3. The number of nitrogens with one attached hydrogen (secondary N) is 1. The summed E-state index contributed by atoms with van der Waals surface area (Å²) in [6.07, 6.45) is 5.55. The van der Waals surface area contributed by atoms with Crippen LogP contribution < -0.4 is 5.32 Å². The van der Waals surface area contributed by atoms with Crippen molar-refractivity contribution in [3.8, 4) is 0 Å². The SMILES string of the molecule is Brc1cn2c(CNC3COC3)cnc2cn1. The summed E-state index contributed by atoms with van der Waals surface area (Å²) in [5.74, 6) is 0. The second kappa shape index (κ2) is 4.12. The van der Waals surface area contributed by atoms with Gasteiger partial charge in [-0.2, -0.15) is 0 Å². The molecule has 1 saturated heterocycles. The number of hydrogen-bond donors (Lipinski definition) is 1. The van der Waals surface area contributed by atoms with Crippen molar-refractivity contribution in [1.29, 1.82) is 0 Å². The molecule has 0 saturated carbocycles. The molecule has 0 radical (unpaired) electrons. The molecule has 5 nitrogen and oxygen atoms in total. The smallest absolute Gasteiger partial charge is 0.155 e. The van der Waals surface area contributed by atoms with E-state index < -0.39 is 0 Å². The Morgan fingerprint density at radius 1 is 1.44 bits per heavy atom. The van der Waals surface area contributed by atoms with Crippen molar-refractivity contribution in [2.75, 3.05) is 13.2 Å². The first-order chi connectivity index (χ1) is 7.83. The number of fused-ring (bicyclic) bond motifs is 1. The van der Waals surface area contributed by atoms with Gasteiger partial charge in [0.15, 0.2) is 5.65 Å². The number of nitrogens with zero attached hydrogens (tertiary/aromatic N) is 3. The summed E-state index contributed by atoms with van der Waals surface area (Å²) in [4.78, 5) is 8.43. The average Bonchev–Trinajstić information content (AvgIpc) is 2.59. The molecule has 0 spiro atoms. The quantitative estimate of drug-likeness (QED) is 0.912. The van der Waals surface area contributed by atoms with Crippen LogP contribution in [-0.4, -0.2) is 33.6 Å². The van der Waals surface area contributed by atoms with Crippen LogP contribution in [0.5, 0.6) is 0 Å². The summed E-state index contributed by atoms with van der Waals surface area (Å²) in [6, 6.07) is 0.482. The van der Waals surface area contributed by atoms with Crippen molar-refractivity contribution in [3.63, 3.8) is 0 Å². The molecule has 1 aliphatic rings. The van der Waals surface area contributed by atoms with Crippen molar-refractivity contribution >= 4 is 21.6 Å². The topological polar surface area (TPSA) is 51.5 Å². The van der Waals surface area contributed by atoms with E-state index in [2.05, 4.69) is 31.2 Å². The van der Waals surface area contributed by atoms with E-state index in [-0.39, 0.29) is 0 Å². The van der Waals surface area contributed by atoms with Crippen molar-refractivity contribution in [1.82, 2.24) is 19.7 Å². The van der Waals surface area contributed by atoms with Crippen LogP contribution in [0.4, 0.5) is 0 Å². The molecule has 1 aliphatic heterocycles. The van der Waals surface area contributed by atoms with E-state index >= 15 is 0 Å². The normalized spacial score (nSPS) is 16.6. The lowest BCUT2D eigenvalue weighted by Gasteiger charge is -2.26. The molecule has 0 aliphatic carbocycles. The molecule has 0 unspecified atom stereocenters. The fourth-order valence-corrected chi connectivity index (χ4v) is 1.96. The van der Waals surface area contributed by atoms with E-state index in [0.29, 0.717) is 6.04 Å². The van der Waals surface area contributed by atoms with Gasteiger partial charge in [0.1, 0.15) is 4.60 Å². The lowest BCUT2D eigenvalue weighted by molar-refractivity contribution is -0.00593. The second-order valence-corrected chi connectivity index (χ2v) is 4.62. The second-order valence-electron chi connectivity index (χ2n) is 3.80. The summed E-state index contributed by atoms with van der Waals surface area (Å²) in [5, 5.41) is 3.41. The van der Waals surface area contributed by atoms with Crippen LogP contribution in [0, 0.1) is 0 Å². The fraction of sp³-hybridized carbons (Fsp3) is 0.400. The molecule has 16 heavy (non-hydrogen) atoms. The predicted octanol–water partition coefficient (Wildman–Crippen LogP) is 0.980. The highest BCUT2D eigenvalue weighted by Gasteiger charge is 2.17. The predicted molar refractivity (Wildman–Crippen MR) is 62.1 cm³/mol. The highest BCUT2D eigenvalue weighted by Crippen LogP contribution is 2.11. The van der Waals surface area contributed by atoms with Gasteiger partial charge in [0.2, 0.25) is 0 Å². The first-order valence-electron chi connectivity index (χ1n) is 5.11. The van der Waals surface area contributed by atoms with Crippen LogP contribution in [0.1, 0.15) is 5.69 Å². The minimum absolute atomic E-state index is 0.482. The molecule has 2 aromatic heterocycles. The third-order valence-electron chi connectivity index (χ3n) is 2.65. The zero-order valence-corrected chi connectivity index (χ0v) is 10.1. The molecule has 0 amide bonds. The molecule has 0 bridgehead atoms. The van der Waals surface area contributed by atoms with E-state index in [0.717, 1.165) is 35.7 Å². The Kier molecular flexibility index (Phi) is 2.62. The fourth-order valence-electron chi connectivity index (χ4n) is 1.65. The molecule has 0 atom stereocenters. The van der Waals surface area contributed by atoms with E-state index in [9.17, 15) is 0 Å². The number of ether oxygens (including phenoxy) is 1. The van der Waals surface area contributed by atoms with Crippen LogP contribution in [-0.2, 0) is 11.3 Å². The Morgan fingerprint density at radius 2 is 2.31 bits per heavy atom. The summed E-state index contributed by atoms with van der Waals surface area (Å²) >= 11 is 3.36. The summed E-state index contributed by atoms with van der Waals surface area (Å²) in [7, 11) is 0. The van der Waals surface area contributed by atoms with Gasteiger partial charge >= 0.3 is 0 Å². The lowest BCUT2D eigenvalue weighted by Crippen LogP contribution is -2.45. The van der Waals surface area contributed by atoms with Crippen molar-refractivity contribution in [2.45, 2.75) is 12.6 Å². The zero-order valence-electron chi connectivity index (χ0n) is 8.56. The van der Waals surface area contributed by atoms with Gasteiger partial charge in [0.25, 0.3) is 0 Å². The highest BCUT2D eigenvalue weighted by atomic mass is 79.9. The Morgan fingerprint density at radius 3 is 3.06 bits per heavy atom. The Bertz CT molecular complexity index is 508. The zero-order chi connectivity index (χ0) is 11.0. The maximum Gasteiger partial charge on any atom is 0.155 e. The van der Waals surface area contributed by atoms with Gasteiger partial charge < -0.3 is 10.1 Å². The largest absolute Gasteiger partial charge is 0.378 e. The van der Waals surface area contributed by atoms with Crippen LogP contribution in [0.3, 0.4) is 0 Å². The maximum atomic E-state index is 5.11. The molecule has 3 rings (SSSR count). The monoisotopic (exact) mass is 282 g/mol. The molecule has 6 heteroatoms. The summed E-state index contributed by atoms with van der Waals surface area (Å²) in [6.45, 7) is 2.41. The number of hydrogen-bond acceptors (Lipinski definition) is 4. The van der Waals surface area contributed by atoms with Crippen LogP contribution in [0.25, 0.3) is 5.65 Å². The number of aromatic nitrogens is 3. The number of halogens is 1. The first kappa shape index (κ1) is 10.2. The van der Waals surface area contributed by atoms with Crippen molar-refractivity contribution in [3.05, 3.63) is 28.9 Å². The minimum atomic E-state index is 0.482. The highest BCUT2D eigenvalue weighted by molar-refractivity contribution is 9.10. The van der Waals surface area contributed by atoms with Gasteiger partial charge in [-0.1, -0.05) is 0 Å². The molecular weight excluding hydrogens is 272 g/mol. The third kappa shape index (κ3) is 1.83. The van der Waals surface area contributed by atoms with Gasteiger partial charge in [0, 0.05) is 12.7 Å². The average molecular weight is 283 g/mol.